The van der Waals surface area contributed by atoms with Crippen LogP contribution >= 0.6 is 24.0 Å². The van der Waals surface area contributed by atoms with E-state index in [1.54, 1.807) is 12.4 Å². The lowest BCUT2D eigenvalue weighted by Crippen LogP contribution is -2.42. The smallest absolute Gasteiger partial charge is 0.222 e. The first-order chi connectivity index (χ1) is 7.25. The second-order valence-corrected chi connectivity index (χ2v) is 4.36. The third-order valence-electron chi connectivity index (χ3n) is 2.75. The molecule has 0 aliphatic heterocycles. The van der Waals surface area contributed by atoms with Gasteiger partial charge in [-0.2, -0.15) is 0 Å². The van der Waals surface area contributed by atoms with Gasteiger partial charge in [0, 0.05) is 12.1 Å². The van der Waals surface area contributed by atoms with E-state index in [1.165, 1.54) is 12.8 Å². The molecule has 0 amide bonds. The van der Waals surface area contributed by atoms with E-state index in [1.807, 2.05) is 0 Å². The molecule has 0 bridgehead atoms. The van der Waals surface area contributed by atoms with Crippen molar-refractivity contribution < 1.29 is 0 Å². The Labute approximate surface area is 106 Å². The van der Waals surface area contributed by atoms with Crippen LogP contribution < -0.4 is 11.1 Å². The maximum Gasteiger partial charge on any atom is 0.222 e. The van der Waals surface area contributed by atoms with Crippen molar-refractivity contribution in [2.75, 3.05) is 5.32 Å². The highest BCUT2D eigenvalue weighted by molar-refractivity contribution is 6.30. The number of halogens is 2. The number of nitrogens with two attached hydrogens (primary N) is 1. The SMILES string of the molecule is Cl.NC1CCCCC1Nc1ncc(Cl)cn1. The van der Waals surface area contributed by atoms with Gasteiger partial charge in [-0.15, -0.1) is 12.4 Å². The van der Waals surface area contributed by atoms with Crippen LogP contribution in [0.25, 0.3) is 0 Å². The number of nitrogens with zero attached hydrogens (tertiary/aromatic N) is 2. The minimum Gasteiger partial charge on any atom is -0.350 e. The molecule has 16 heavy (non-hydrogen) atoms. The topological polar surface area (TPSA) is 63.8 Å². The van der Waals surface area contributed by atoms with Crippen molar-refractivity contribution in [3.05, 3.63) is 17.4 Å². The number of rotatable bonds is 2. The quantitative estimate of drug-likeness (QED) is 0.858. The zero-order chi connectivity index (χ0) is 10.7. The van der Waals surface area contributed by atoms with Crippen LogP contribution in [0.1, 0.15) is 25.7 Å². The molecule has 1 aliphatic rings. The highest BCUT2D eigenvalue weighted by Gasteiger charge is 2.21. The average Bonchev–Trinajstić information content (AvgIpc) is 2.25. The maximum atomic E-state index is 6.01. The maximum absolute atomic E-state index is 6.01. The van der Waals surface area contributed by atoms with Gasteiger partial charge >= 0.3 is 0 Å². The van der Waals surface area contributed by atoms with Gasteiger partial charge in [0.15, 0.2) is 0 Å². The lowest BCUT2D eigenvalue weighted by Gasteiger charge is -2.29. The van der Waals surface area contributed by atoms with E-state index in [2.05, 4.69) is 15.3 Å². The molecule has 0 spiro atoms. The molecule has 6 heteroatoms. The van der Waals surface area contributed by atoms with E-state index in [0.29, 0.717) is 17.0 Å². The average molecular weight is 263 g/mol. The molecule has 2 rings (SSSR count). The molecule has 1 fully saturated rings. The molecule has 90 valence electrons. The Bertz CT molecular complexity index is 317. The zero-order valence-corrected chi connectivity index (χ0v) is 10.5. The van der Waals surface area contributed by atoms with Crippen molar-refractivity contribution in [3.8, 4) is 0 Å². The van der Waals surface area contributed by atoms with Crippen molar-refractivity contribution in [2.24, 2.45) is 5.73 Å². The third-order valence-corrected chi connectivity index (χ3v) is 2.95. The summed E-state index contributed by atoms with van der Waals surface area (Å²) in [6.07, 6.45) is 7.79. The molecular weight excluding hydrogens is 247 g/mol. The Morgan fingerprint density at radius 2 is 1.88 bits per heavy atom. The summed E-state index contributed by atoms with van der Waals surface area (Å²) in [5.41, 5.74) is 6.01. The molecule has 0 aromatic carbocycles. The van der Waals surface area contributed by atoms with Crippen LogP contribution in [0, 0.1) is 0 Å². The molecular formula is C10H16Cl2N4. The number of hydrogen-bond acceptors (Lipinski definition) is 4. The Morgan fingerprint density at radius 1 is 1.25 bits per heavy atom. The molecule has 3 N–H and O–H groups in total. The minimum absolute atomic E-state index is 0. The zero-order valence-electron chi connectivity index (χ0n) is 8.90. The van der Waals surface area contributed by atoms with Crippen LogP contribution in [0.15, 0.2) is 12.4 Å². The van der Waals surface area contributed by atoms with Crippen LogP contribution in [0.3, 0.4) is 0 Å². The van der Waals surface area contributed by atoms with Crippen LogP contribution in [0.4, 0.5) is 5.95 Å². The molecule has 1 aromatic heterocycles. The first kappa shape index (κ1) is 13.5. The van der Waals surface area contributed by atoms with Crippen molar-refractivity contribution in [1.29, 1.82) is 0 Å². The van der Waals surface area contributed by atoms with Gasteiger partial charge in [-0.3, -0.25) is 0 Å². The van der Waals surface area contributed by atoms with Gasteiger partial charge in [0.05, 0.1) is 17.4 Å². The largest absolute Gasteiger partial charge is 0.350 e. The van der Waals surface area contributed by atoms with E-state index >= 15 is 0 Å². The van der Waals surface area contributed by atoms with E-state index in [0.717, 1.165) is 12.8 Å². The number of anilines is 1. The predicted octanol–water partition coefficient (Wildman–Crippen LogP) is 2.23. The van der Waals surface area contributed by atoms with Gasteiger partial charge in [-0.05, 0) is 12.8 Å². The highest BCUT2D eigenvalue weighted by atomic mass is 35.5. The highest BCUT2D eigenvalue weighted by Crippen LogP contribution is 2.19. The van der Waals surface area contributed by atoms with Gasteiger partial charge in [-0.25, -0.2) is 9.97 Å². The van der Waals surface area contributed by atoms with Crippen LogP contribution in [0.2, 0.25) is 5.02 Å². The number of aromatic nitrogens is 2. The summed E-state index contributed by atoms with van der Waals surface area (Å²) in [4.78, 5) is 8.19. The van der Waals surface area contributed by atoms with Gasteiger partial charge in [0.2, 0.25) is 5.95 Å². The molecule has 0 saturated heterocycles. The Kier molecular flexibility index (Phi) is 5.25. The van der Waals surface area contributed by atoms with Crippen molar-refractivity contribution in [2.45, 2.75) is 37.8 Å². The lowest BCUT2D eigenvalue weighted by atomic mass is 9.91. The molecule has 0 radical (unpaired) electrons. The van der Waals surface area contributed by atoms with Gasteiger partial charge in [-0.1, -0.05) is 24.4 Å². The normalized spacial score (nSPS) is 24.6. The van der Waals surface area contributed by atoms with Gasteiger partial charge in [0.25, 0.3) is 0 Å². The van der Waals surface area contributed by atoms with Crippen molar-refractivity contribution in [1.82, 2.24) is 9.97 Å². The first-order valence-electron chi connectivity index (χ1n) is 5.25. The van der Waals surface area contributed by atoms with Crippen LogP contribution in [-0.2, 0) is 0 Å². The fourth-order valence-electron chi connectivity index (χ4n) is 1.89. The third kappa shape index (κ3) is 3.47. The number of hydrogen-bond donors (Lipinski definition) is 2. The first-order valence-corrected chi connectivity index (χ1v) is 5.63. The molecule has 1 aliphatic carbocycles. The Hall–Kier alpha value is -0.580. The predicted molar refractivity (Wildman–Crippen MR) is 68.1 cm³/mol. The summed E-state index contributed by atoms with van der Waals surface area (Å²) < 4.78 is 0. The molecule has 1 saturated carbocycles. The second kappa shape index (κ2) is 6.23. The van der Waals surface area contributed by atoms with Gasteiger partial charge < -0.3 is 11.1 Å². The molecule has 2 unspecified atom stereocenters. The van der Waals surface area contributed by atoms with Crippen LogP contribution in [-0.4, -0.2) is 22.1 Å². The molecule has 4 nitrogen and oxygen atoms in total. The summed E-state index contributed by atoms with van der Waals surface area (Å²) in [7, 11) is 0. The standard InChI is InChI=1S/C10H15ClN4.ClH/c11-7-5-13-10(14-6-7)15-9-4-2-1-3-8(9)12;/h5-6,8-9H,1-4,12H2,(H,13,14,15);1H. The van der Waals surface area contributed by atoms with Gasteiger partial charge in [0.1, 0.15) is 0 Å². The van der Waals surface area contributed by atoms with Crippen LogP contribution in [0.5, 0.6) is 0 Å². The fraction of sp³-hybridized carbons (Fsp3) is 0.600. The number of nitrogens with one attached hydrogen (secondary N) is 1. The van der Waals surface area contributed by atoms with E-state index in [9.17, 15) is 0 Å². The molecule has 1 heterocycles. The van der Waals surface area contributed by atoms with Crippen molar-refractivity contribution in [3.63, 3.8) is 0 Å². The summed E-state index contributed by atoms with van der Waals surface area (Å²) in [6, 6.07) is 0.498. The molecule has 1 aromatic rings. The van der Waals surface area contributed by atoms with E-state index in [-0.39, 0.29) is 18.4 Å². The minimum atomic E-state index is 0. The van der Waals surface area contributed by atoms with E-state index in [4.69, 9.17) is 17.3 Å². The summed E-state index contributed by atoms with van der Waals surface area (Å²) in [5.74, 6) is 0.613. The van der Waals surface area contributed by atoms with Crippen molar-refractivity contribution >= 4 is 30.0 Å². The Balaban J connectivity index is 0.00000128. The lowest BCUT2D eigenvalue weighted by molar-refractivity contribution is 0.402. The summed E-state index contributed by atoms with van der Waals surface area (Å²) in [6.45, 7) is 0. The molecule has 2 atom stereocenters. The monoisotopic (exact) mass is 262 g/mol. The second-order valence-electron chi connectivity index (χ2n) is 3.92. The Morgan fingerprint density at radius 3 is 2.50 bits per heavy atom. The fourth-order valence-corrected chi connectivity index (χ4v) is 1.99. The summed E-state index contributed by atoms with van der Waals surface area (Å²) in [5, 5.41) is 3.80. The van der Waals surface area contributed by atoms with E-state index < -0.39 is 0 Å². The summed E-state index contributed by atoms with van der Waals surface area (Å²) >= 11 is 5.71.